The standard InChI is InChI=1S/C12H19NO5/c1-12(2,3)18-11(16)13-6-7(10(14)15)9-8(13)4-5-17-9/h7-9H,4-6H2,1-3H3,(H,14,15)/t7-,8-,9-/m1/s1. The van der Waals surface area contributed by atoms with Crippen LogP contribution in [0.3, 0.4) is 0 Å². The van der Waals surface area contributed by atoms with Gasteiger partial charge in [0.25, 0.3) is 0 Å². The molecule has 2 heterocycles. The van der Waals surface area contributed by atoms with Crippen molar-refractivity contribution in [3.05, 3.63) is 0 Å². The Bertz CT molecular complexity index is 362. The molecule has 2 fully saturated rings. The zero-order valence-corrected chi connectivity index (χ0v) is 10.9. The lowest BCUT2D eigenvalue weighted by molar-refractivity contribution is -0.144. The number of carbonyl (C=O) groups is 2. The Kier molecular flexibility index (Phi) is 3.23. The van der Waals surface area contributed by atoms with Crippen molar-refractivity contribution in [1.82, 2.24) is 4.90 Å². The molecule has 0 bridgehead atoms. The molecule has 102 valence electrons. The third-order valence-electron chi connectivity index (χ3n) is 3.24. The Morgan fingerprint density at radius 2 is 2.06 bits per heavy atom. The second kappa shape index (κ2) is 4.42. The molecule has 0 aliphatic carbocycles. The van der Waals surface area contributed by atoms with Crippen molar-refractivity contribution in [3.63, 3.8) is 0 Å². The van der Waals surface area contributed by atoms with Gasteiger partial charge in [-0.3, -0.25) is 4.79 Å². The number of likely N-dealkylation sites (tertiary alicyclic amines) is 1. The Balaban J connectivity index is 2.10. The van der Waals surface area contributed by atoms with Crippen molar-refractivity contribution >= 4 is 12.1 Å². The summed E-state index contributed by atoms with van der Waals surface area (Å²) in [5, 5.41) is 9.13. The van der Waals surface area contributed by atoms with Crippen LogP contribution in [0, 0.1) is 5.92 Å². The molecule has 18 heavy (non-hydrogen) atoms. The lowest BCUT2D eigenvalue weighted by Gasteiger charge is -2.27. The van der Waals surface area contributed by atoms with E-state index in [1.54, 1.807) is 20.8 Å². The summed E-state index contributed by atoms with van der Waals surface area (Å²) in [6.45, 7) is 6.03. The first-order valence-corrected chi connectivity index (χ1v) is 6.13. The van der Waals surface area contributed by atoms with Crippen LogP contribution in [0.5, 0.6) is 0 Å². The molecule has 0 aromatic heterocycles. The molecule has 2 rings (SSSR count). The van der Waals surface area contributed by atoms with Gasteiger partial charge in [-0.15, -0.1) is 0 Å². The molecule has 0 spiro atoms. The lowest BCUT2D eigenvalue weighted by atomic mass is 10.0. The van der Waals surface area contributed by atoms with Gasteiger partial charge in [-0.25, -0.2) is 4.79 Å². The molecular weight excluding hydrogens is 238 g/mol. The number of hydrogen-bond acceptors (Lipinski definition) is 4. The highest BCUT2D eigenvalue weighted by Gasteiger charge is 2.51. The average molecular weight is 257 g/mol. The molecule has 6 heteroatoms. The van der Waals surface area contributed by atoms with Gasteiger partial charge >= 0.3 is 12.1 Å². The lowest BCUT2D eigenvalue weighted by Crippen LogP contribution is -2.41. The van der Waals surface area contributed by atoms with E-state index in [2.05, 4.69) is 0 Å². The van der Waals surface area contributed by atoms with E-state index in [4.69, 9.17) is 14.6 Å². The van der Waals surface area contributed by atoms with Crippen LogP contribution in [-0.2, 0) is 14.3 Å². The zero-order valence-electron chi connectivity index (χ0n) is 10.9. The number of amides is 1. The molecule has 0 saturated carbocycles. The molecule has 1 N–H and O–H groups in total. The molecule has 2 aliphatic heterocycles. The summed E-state index contributed by atoms with van der Waals surface area (Å²) in [4.78, 5) is 24.7. The highest BCUT2D eigenvalue weighted by molar-refractivity contribution is 5.75. The van der Waals surface area contributed by atoms with E-state index in [1.807, 2.05) is 0 Å². The molecule has 1 amide bonds. The number of hydrogen-bond donors (Lipinski definition) is 1. The van der Waals surface area contributed by atoms with Crippen LogP contribution in [-0.4, -0.2) is 53.0 Å². The van der Waals surface area contributed by atoms with E-state index >= 15 is 0 Å². The number of nitrogens with zero attached hydrogens (tertiary/aromatic N) is 1. The largest absolute Gasteiger partial charge is 0.481 e. The van der Waals surface area contributed by atoms with E-state index < -0.39 is 29.7 Å². The molecule has 2 aliphatic rings. The molecule has 0 unspecified atom stereocenters. The van der Waals surface area contributed by atoms with Gasteiger partial charge in [-0.2, -0.15) is 0 Å². The fourth-order valence-electron chi connectivity index (χ4n) is 2.52. The van der Waals surface area contributed by atoms with Gasteiger partial charge in [0.05, 0.1) is 12.1 Å². The predicted octanol–water partition coefficient (Wildman–Crippen LogP) is 1.10. The van der Waals surface area contributed by atoms with Crippen molar-refractivity contribution < 1.29 is 24.2 Å². The van der Waals surface area contributed by atoms with Crippen LogP contribution in [0.15, 0.2) is 0 Å². The SMILES string of the molecule is CC(C)(C)OC(=O)N1C[C@@H](C(=O)O)[C@H]2OCC[C@H]21. The Hall–Kier alpha value is -1.30. The number of rotatable bonds is 1. The van der Waals surface area contributed by atoms with E-state index in [0.717, 1.165) is 0 Å². The summed E-state index contributed by atoms with van der Waals surface area (Å²) in [7, 11) is 0. The van der Waals surface area contributed by atoms with Crippen LogP contribution in [0.4, 0.5) is 4.79 Å². The number of carboxylic acids is 1. The fraction of sp³-hybridized carbons (Fsp3) is 0.833. The number of carboxylic acid groups (broad SMARTS) is 1. The second-order valence-electron chi connectivity index (χ2n) is 5.77. The fourth-order valence-corrected chi connectivity index (χ4v) is 2.52. The van der Waals surface area contributed by atoms with E-state index in [1.165, 1.54) is 4.90 Å². The van der Waals surface area contributed by atoms with Crippen molar-refractivity contribution in [2.75, 3.05) is 13.2 Å². The van der Waals surface area contributed by atoms with Crippen LogP contribution in [0.2, 0.25) is 0 Å². The topological polar surface area (TPSA) is 76.1 Å². The zero-order chi connectivity index (χ0) is 13.5. The van der Waals surface area contributed by atoms with Crippen LogP contribution in [0.25, 0.3) is 0 Å². The maximum absolute atomic E-state index is 12.0. The van der Waals surface area contributed by atoms with Crippen molar-refractivity contribution in [1.29, 1.82) is 0 Å². The summed E-state index contributed by atoms with van der Waals surface area (Å²) in [6.07, 6.45) is -0.171. The summed E-state index contributed by atoms with van der Waals surface area (Å²) in [6, 6.07) is -0.166. The first-order chi connectivity index (χ1) is 8.29. The second-order valence-corrected chi connectivity index (χ2v) is 5.77. The normalized spacial score (nSPS) is 31.3. The quantitative estimate of drug-likeness (QED) is 0.761. The first kappa shape index (κ1) is 13.1. The highest BCUT2D eigenvalue weighted by atomic mass is 16.6. The molecular formula is C12H19NO5. The Morgan fingerprint density at radius 3 is 2.61 bits per heavy atom. The predicted molar refractivity (Wildman–Crippen MR) is 62.2 cm³/mol. The highest BCUT2D eigenvalue weighted by Crippen LogP contribution is 2.34. The van der Waals surface area contributed by atoms with E-state index in [0.29, 0.717) is 13.0 Å². The minimum absolute atomic E-state index is 0.166. The Labute approximate surface area is 106 Å². The minimum Gasteiger partial charge on any atom is -0.481 e. The number of ether oxygens (including phenoxy) is 2. The monoisotopic (exact) mass is 257 g/mol. The van der Waals surface area contributed by atoms with Gasteiger partial charge in [0.1, 0.15) is 11.5 Å². The third-order valence-corrected chi connectivity index (χ3v) is 3.24. The van der Waals surface area contributed by atoms with Crippen LogP contribution < -0.4 is 0 Å². The van der Waals surface area contributed by atoms with Crippen LogP contribution in [0.1, 0.15) is 27.2 Å². The molecule has 0 aromatic carbocycles. The van der Waals surface area contributed by atoms with Gasteiger partial charge in [0.15, 0.2) is 0 Å². The number of aliphatic carboxylic acids is 1. The van der Waals surface area contributed by atoms with E-state index in [-0.39, 0.29) is 12.6 Å². The van der Waals surface area contributed by atoms with Gasteiger partial charge in [0.2, 0.25) is 0 Å². The summed E-state index contributed by atoms with van der Waals surface area (Å²) in [5.74, 6) is -1.57. The Morgan fingerprint density at radius 1 is 1.39 bits per heavy atom. The van der Waals surface area contributed by atoms with Gasteiger partial charge in [0, 0.05) is 13.2 Å². The third kappa shape index (κ3) is 2.43. The maximum Gasteiger partial charge on any atom is 0.410 e. The molecule has 3 atom stereocenters. The van der Waals surface area contributed by atoms with E-state index in [9.17, 15) is 9.59 Å². The molecule has 0 radical (unpaired) electrons. The van der Waals surface area contributed by atoms with Gasteiger partial charge in [-0.05, 0) is 27.2 Å². The average Bonchev–Trinajstić information content (AvgIpc) is 2.72. The van der Waals surface area contributed by atoms with Gasteiger partial charge < -0.3 is 19.5 Å². The smallest absolute Gasteiger partial charge is 0.410 e. The minimum atomic E-state index is -0.919. The molecule has 2 saturated heterocycles. The number of fused-ring (bicyclic) bond motifs is 1. The maximum atomic E-state index is 12.0. The van der Waals surface area contributed by atoms with Crippen LogP contribution >= 0.6 is 0 Å². The van der Waals surface area contributed by atoms with Crippen molar-refractivity contribution in [2.24, 2.45) is 5.92 Å². The summed E-state index contributed by atoms with van der Waals surface area (Å²) < 4.78 is 10.7. The summed E-state index contributed by atoms with van der Waals surface area (Å²) >= 11 is 0. The van der Waals surface area contributed by atoms with Crippen molar-refractivity contribution in [3.8, 4) is 0 Å². The van der Waals surface area contributed by atoms with Gasteiger partial charge in [-0.1, -0.05) is 0 Å². The molecule has 0 aromatic rings. The molecule has 6 nitrogen and oxygen atoms in total. The van der Waals surface area contributed by atoms with Crippen molar-refractivity contribution in [2.45, 2.75) is 44.9 Å². The first-order valence-electron chi connectivity index (χ1n) is 6.13. The summed E-state index contributed by atoms with van der Waals surface area (Å²) in [5.41, 5.74) is -0.576. The number of carbonyl (C=O) groups excluding carboxylic acids is 1.